The molecule has 1 amide bonds. The van der Waals surface area contributed by atoms with Gasteiger partial charge >= 0.3 is 0 Å². The molecular weight excluding hydrogens is 340 g/mol. The Morgan fingerprint density at radius 3 is 3.00 bits per heavy atom. The molecule has 1 atom stereocenters. The first kappa shape index (κ1) is 16.4. The largest absolute Gasteiger partial charge is 0.470 e. The lowest BCUT2D eigenvalue weighted by Gasteiger charge is -2.37. The van der Waals surface area contributed by atoms with Gasteiger partial charge in [0, 0.05) is 31.9 Å². The lowest BCUT2D eigenvalue weighted by molar-refractivity contribution is 0.0551. The van der Waals surface area contributed by atoms with Crippen LogP contribution in [0.3, 0.4) is 0 Å². The predicted molar refractivity (Wildman–Crippen MR) is 94.8 cm³/mol. The van der Waals surface area contributed by atoms with Crippen LogP contribution in [0, 0.1) is 0 Å². The number of fused-ring (bicyclic) bond motifs is 1. The Labute approximate surface area is 151 Å². The maximum atomic E-state index is 12.9. The van der Waals surface area contributed by atoms with Crippen molar-refractivity contribution in [2.24, 2.45) is 0 Å². The molecule has 0 N–H and O–H groups in total. The van der Waals surface area contributed by atoms with Crippen molar-refractivity contribution in [2.75, 3.05) is 26.2 Å². The zero-order valence-electron chi connectivity index (χ0n) is 14.0. The van der Waals surface area contributed by atoms with Crippen LogP contribution in [0.5, 0.6) is 5.75 Å². The molecule has 0 saturated carbocycles. The number of halogens is 1. The van der Waals surface area contributed by atoms with Crippen LogP contribution in [0.25, 0.3) is 0 Å². The Morgan fingerprint density at radius 2 is 2.12 bits per heavy atom. The van der Waals surface area contributed by atoms with E-state index in [0.29, 0.717) is 22.5 Å². The van der Waals surface area contributed by atoms with Crippen LogP contribution in [0.4, 0.5) is 0 Å². The minimum atomic E-state index is 0.0202. The van der Waals surface area contributed by atoms with Crippen LogP contribution in [-0.2, 0) is 6.73 Å². The van der Waals surface area contributed by atoms with Crippen molar-refractivity contribution >= 4 is 17.5 Å². The molecule has 0 radical (unpaired) electrons. The van der Waals surface area contributed by atoms with E-state index in [0.717, 1.165) is 26.2 Å². The van der Waals surface area contributed by atoms with Crippen LogP contribution in [0.2, 0.25) is 5.02 Å². The fraction of sp³-hybridized carbons (Fsp3) is 0.444. The first-order valence-corrected chi connectivity index (χ1v) is 9.02. The standard InChI is InChI=1S/C18H21ClN4O2/c19-15-5-1-2-6-17(15)25-13-23-16(7-8-20-23)18(24)22-11-10-21-9-3-4-14(21)12-22/h1-2,5-8,14H,3-4,9-13H2/t14-/m0/s1. The SMILES string of the molecule is O=C(c1ccnn1COc1ccccc1Cl)N1CCN2CCC[C@H]2C1. The number of aromatic nitrogens is 2. The molecule has 0 bridgehead atoms. The molecule has 4 rings (SSSR count). The highest BCUT2D eigenvalue weighted by Gasteiger charge is 2.33. The molecule has 2 fully saturated rings. The number of benzene rings is 1. The highest BCUT2D eigenvalue weighted by molar-refractivity contribution is 6.32. The number of amides is 1. The third-order valence-corrected chi connectivity index (χ3v) is 5.30. The van der Waals surface area contributed by atoms with Gasteiger partial charge in [0.15, 0.2) is 6.73 Å². The van der Waals surface area contributed by atoms with Crippen molar-refractivity contribution in [1.29, 1.82) is 0 Å². The Hall–Kier alpha value is -2.05. The van der Waals surface area contributed by atoms with Crippen LogP contribution in [0.15, 0.2) is 36.5 Å². The number of hydrogen-bond acceptors (Lipinski definition) is 4. The molecule has 7 heteroatoms. The second kappa shape index (κ2) is 7.06. The van der Waals surface area contributed by atoms with Crippen LogP contribution in [-0.4, -0.2) is 57.7 Å². The zero-order chi connectivity index (χ0) is 17.2. The van der Waals surface area contributed by atoms with Crippen molar-refractivity contribution < 1.29 is 9.53 Å². The van der Waals surface area contributed by atoms with Gasteiger partial charge < -0.3 is 9.64 Å². The van der Waals surface area contributed by atoms with E-state index in [9.17, 15) is 4.79 Å². The van der Waals surface area contributed by atoms with E-state index in [4.69, 9.17) is 16.3 Å². The van der Waals surface area contributed by atoms with Gasteiger partial charge in [0.1, 0.15) is 11.4 Å². The highest BCUT2D eigenvalue weighted by Crippen LogP contribution is 2.24. The van der Waals surface area contributed by atoms with Gasteiger partial charge in [0.05, 0.1) is 5.02 Å². The van der Waals surface area contributed by atoms with E-state index in [1.54, 1.807) is 29.1 Å². The van der Waals surface area contributed by atoms with Crippen LogP contribution >= 0.6 is 11.6 Å². The fourth-order valence-electron chi connectivity index (χ4n) is 3.65. The maximum absolute atomic E-state index is 12.9. The predicted octanol–water partition coefficient (Wildman–Crippen LogP) is 2.49. The molecular formula is C18H21ClN4O2. The minimum absolute atomic E-state index is 0.0202. The first-order valence-electron chi connectivity index (χ1n) is 8.65. The quantitative estimate of drug-likeness (QED) is 0.840. The molecule has 2 saturated heterocycles. The number of piperazine rings is 1. The van der Waals surface area contributed by atoms with Gasteiger partial charge in [-0.15, -0.1) is 0 Å². The van der Waals surface area contributed by atoms with E-state index in [1.165, 1.54) is 12.8 Å². The third-order valence-electron chi connectivity index (χ3n) is 4.99. The van der Waals surface area contributed by atoms with Gasteiger partial charge in [-0.3, -0.25) is 9.69 Å². The highest BCUT2D eigenvalue weighted by atomic mass is 35.5. The van der Waals surface area contributed by atoms with E-state index in [-0.39, 0.29) is 12.6 Å². The smallest absolute Gasteiger partial charge is 0.272 e. The van der Waals surface area contributed by atoms with E-state index < -0.39 is 0 Å². The third kappa shape index (κ3) is 3.37. The molecule has 2 aliphatic rings. The normalized spacial score (nSPS) is 20.5. The Morgan fingerprint density at radius 1 is 1.24 bits per heavy atom. The number of rotatable bonds is 4. The minimum Gasteiger partial charge on any atom is -0.470 e. The maximum Gasteiger partial charge on any atom is 0.272 e. The number of ether oxygens (including phenoxy) is 1. The number of carbonyl (C=O) groups excluding carboxylic acids is 1. The van der Waals surface area contributed by atoms with E-state index in [1.807, 2.05) is 17.0 Å². The molecule has 132 valence electrons. The summed E-state index contributed by atoms with van der Waals surface area (Å²) in [5, 5.41) is 4.78. The van der Waals surface area contributed by atoms with Crippen molar-refractivity contribution in [3.8, 4) is 5.75 Å². The van der Waals surface area contributed by atoms with Crippen molar-refractivity contribution in [1.82, 2.24) is 19.6 Å². The number of nitrogens with zero attached hydrogens (tertiary/aromatic N) is 4. The summed E-state index contributed by atoms with van der Waals surface area (Å²) in [6.45, 7) is 3.85. The number of hydrogen-bond donors (Lipinski definition) is 0. The van der Waals surface area contributed by atoms with E-state index >= 15 is 0 Å². The topological polar surface area (TPSA) is 50.6 Å². The zero-order valence-corrected chi connectivity index (χ0v) is 14.7. The second-order valence-electron chi connectivity index (χ2n) is 6.50. The van der Waals surface area contributed by atoms with Crippen molar-refractivity contribution in [3.63, 3.8) is 0 Å². The molecule has 0 aliphatic carbocycles. The van der Waals surface area contributed by atoms with Gasteiger partial charge in [-0.05, 0) is 37.6 Å². The van der Waals surface area contributed by atoms with E-state index in [2.05, 4.69) is 10.00 Å². The molecule has 6 nitrogen and oxygen atoms in total. The summed E-state index contributed by atoms with van der Waals surface area (Å²) >= 11 is 6.11. The van der Waals surface area contributed by atoms with Crippen LogP contribution < -0.4 is 4.74 Å². The summed E-state index contributed by atoms with van der Waals surface area (Å²) in [5.41, 5.74) is 0.554. The fourth-order valence-corrected chi connectivity index (χ4v) is 3.84. The molecule has 2 aliphatic heterocycles. The Balaban J connectivity index is 1.44. The summed E-state index contributed by atoms with van der Waals surface area (Å²) in [6, 6.07) is 9.53. The number of para-hydroxylation sites is 1. The lowest BCUT2D eigenvalue weighted by atomic mass is 10.1. The number of carbonyl (C=O) groups is 1. The summed E-state index contributed by atoms with van der Waals surface area (Å²) in [7, 11) is 0. The van der Waals surface area contributed by atoms with Gasteiger partial charge in [-0.25, -0.2) is 4.68 Å². The Kier molecular flexibility index (Phi) is 4.63. The molecule has 0 unspecified atom stereocenters. The Bertz CT molecular complexity index is 763. The molecule has 0 spiro atoms. The molecule has 1 aromatic heterocycles. The van der Waals surface area contributed by atoms with Gasteiger partial charge in [-0.2, -0.15) is 5.10 Å². The van der Waals surface area contributed by atoms with Crippen molar-refractivity contribution in [3.05, 3.63) is 47.2 Å². The molecule has 1 aromatic carbocycles. The lowest BCUT2D eigenvalue weighted by Crippen LogP contribution is -2.52. The monoisotopic (exact) mass is 360 g/mol. The molecule has 25 heavy (non-hydrogen) atoms. The van der Waals surface area contributed by atoms with Crippen LogP contribution in [0.1, 0.15) is 23.3 Å². The second-order valence-corrected chi connectivity index (χ2v) is 6.91. The summed E-state index contributed by atoms with van der Waals surface area (Å²) in [6.07, 6.45) is 4.05. The summed E-state index contributed by atoms with van der Waals surface area (Å²) in [4.78, 5) is 17.3. The summed E-state index contributed by atoms with van der Waals surface area (Å²) < 4.78 is 7.31. The average Bonchev–Trinajstić information content (AvgIpc) is 3.28. The molecule has 3 heterocycles. The average molecular weight is 361 g/mol. The first-order chi connectivity index (χ1) is 12.2. The summed E-state index contributed by atoms with van der Waals surface area (Å²) in [5.74, 6) is 0.601. The van der Waals surface area contributed by atoms with Gasteiger partial charge in [0.2, 0.25) is 0 Å². The molecule has 2 aromatic rings. The van der Waals surface area contributed by atoms with Gasteiger partial charge in [0.25, 0.3) is 5.91 Å². The van der Waals surface area contributed by atoms with Gasteiger partial charge in [-0.1, -0.05) is 23.7 Å². The van der Waals surface area contributed by atoms with Crippen molar-refractivity contribution in [2.45, 2.75) is 25.6 Å².